The number of carbonyl (C=O) groups is 1. The summed E-state index contributed by atoms with van der Waals surface area (Å²) in [5, 5.41) is 3.15. The van der Waals surface area contributed by atoms with Crippen LogP contribution in [0.25, 0.3) is 16.7 Å². The lowest BCUT2D eigenvalue weighted by atomic mass is 9.93. The van der Waals surface area contributed by atoms with E-state index in [4.69, 9.17) is 0 Å². The molecule has 1 aliphatic heterocycles. The normalized spacial score (nSPS) is 17.5. The van der Waals surface area contributed by atoms with Crippen molar-refractivity contribution >= 4 is 11.5 Å². The minimum absolute atomic E-state index is 0.0183. The highest BCUT2D eigenvalue weighted by Gasteiger charge is 2.22. The molecule has 1 aromatic carbocycles. The maximum Gasteiger partial charge on any atom is 0.251 e. The quantitative estimate of drug-likeness (QED) is 0.727. The Morgan fingerprint density at radius 1 is 1.03 bits per heavy atom. The van der Waals surface area contributed by atoms with E-state index in [-0.39, 0.29) is 11.4 Å². The number of aromatic nitrogens is 1. The molecule has 4 heteroatoms. The lowest BCUT2D eigenvalue weighted by molar-refractivity contribution is -0.116. The van der Waals surface area contributed by atoms with Crippen LogP contribution in [0.5, 0.6) is 0 Å². The van der Waals surface area contributed by atoms with Gasteiger partial charge in [-0.05, 0) is 100 Å². The number of aryl methyl sites for hydroxylation is 1. The number of pyridine rings is 1. The Kier molecular flexibility index (Phi) is 6.57. The highest BCUT2D eigenvalue weighted by Crippen LogP contribution is 2.31. The molecule has 0 radical (unpaired) electrons. The number of hydrogen-bond acceptors (Lipinski definition) is 3. The summed E-state index contributed by atoms with van der Waals surface area (Å²) >= 11 is 0. The van der Waals surface area contributed by atoms with Gasteiger partial charge in [0.05, 0.1) is 0 Å². The van der Waals surface area contributed by atoms with Gasteiger partial charge in [-0.1, -0.05) is 24.6 Å². The summed E-state index contributed by atoms with van der Waals surface area (Å²) in [6.07, 6.45) is 13.0. The lowest BCUT2D eigenvalue weighted by Crippen LogP contribution is -2.41. The minimum atomic E-state index is -0.255. The van der Waals surface area contributed by atoms with Crippen LogP contribution in [0.15, 0.2) is 42.7 Å². The molecule has 1 N–H and O–H groups in total. The Morgan fingerprint density at radius 3 is 2.61 bits per heavy atom. The molecule has 1 saturated heterocycles. The van der Waals surface area contributed by atoms with Gasteiger partial charge in [0.15, 0.2) is 0 Å². The van der Waals surface area contributed by atoms with Gasteiger partial charge in [-0.15, -0.1) is 0 Å². The molecular weight excluding hydrogens is 382 g/mol. The highest BCUT2D eigenvalue weighted by molar-refractivity contribution is 6.20. The first kappa shape index (κ1) is 21.8. The molecule has 31 heavy (non-hydrogen) atoms. The van der Waals surface area contributed by atoms with Crippen LogP contribution in [-0.2, 0) is 17.8 Å². The van der Waals surface area contributed by atoms with E-state index in [0.717, 1.165) is 48.1 Å². The van der Waals surface area contributed by atoms with E-state index in [1.54, 1.807) is 0 Å². The second-order valence-electron chi connectivity index (χ2n) is 10.0. The number of fused-ring (bicyclic) bond motifs is 1. The van der Waals surface area contributed by atoms with E-state index in [1.807, 2.05) is 33.2 Å². The van der Waals surface area contributed by atoms with Crippen molar-refractivity contribution in [3.63, 3.8) is 0 Å². The number of carbonyl (C=O) groups excluding carboxylic acids is 1. The van der Waals surface area contributed by atoms with E-state index in [1.165, 1.54) is 43.5 Å². The Hall–Kier alpha value is -2.46. The zero-order valence-electron chi connectivity index (χ0n) is 19.2. The van der Waals surface area contributed by atoms with Crippen molar-refractivity contribution < 1.29 is 4.79 Å². The zero-order chi connectivity index (χ0) is 21.8. The monoisotopic (exact) mass is 417 g/mol. The number of nitrogens with zero attached hydrogens (tertiary/aromatic N) is 2. The van der Waals surface area contributed by atoms with Crippen molar-refractivity contribution in [2.45, 2.75) is 71.4 Å². The molecule has 1 amide bonds. The van der Waals surface area contributed by atoms with Gasteiger partial charge < -0.3 is 5.32 Å². The molecule has 164 valence electrons. The van der Waals surface area contributed by atoms with Gasteiger partial charge in [-0.3, -0.25) is 14.7 Å². The number of likely N-dealkylation sites (tertiary alicyclic amines) is 1. The maximum atomic E-state index is 13.1. The third-order valence-corrected chi connectivity index (χ3v) is 6.11. The summed E-state index contributed by atoms with van der Waals surface area (Å²) in [5.41, 5.74) is 6.39. The van der Waals surface area contributed by atoms with Crippen molar-refractivity contribution in [1.29, 1.82) is 0 Å². The van der Waals surface area contributed by atoms with Crippen molar-refractivity contribution in [2.24, 2.45) is 0 Å². The zero-order valence-corrected chi connectivity index (χ0v) is 19.2. The number of allylic oxidation sites excluding steroid dienone is 1. The molecule has 2 aliphatic rings. The Labute approximate surface area is 186 Å². The van der Waals surface area contributed by atoms with Gasteiger partial charge in [0.2, 0.25) is 0 Å². The highest BCUT2D eigenvalue weighted by atomic mass is 16.1. The van der Waals surface area contributed by atoms with Gasteiger partial charge in [-0.2, -0.15) is 0 Å². The van der Waals surface area contributed by atoms with Gasteiger partial charge >= 0.3 is 0 Å². The summed E-state index contributed by atoms with van der Waals surface area (Å²) in [4.78, 5) is 20.1. The molecule has 1 aromatic heterocycles. The molecule has 1 aliphatic carbocycles. The first-order valence-corrected chi connectivity index (χ1v) is 11.7. The molecule has 1 fully saturated rings. The number of benzene rings is 1. The van der Waals surface area contributed by atoms with Gasteiger partial charge in [0, 0.05) is 35.6 Å². The number of hydrogen-bond donors (Lipinski definition) is 1. The molecule has 0 atom stereocenters. The fraction of sp³-hybridized carbons (Fsp3) is 0.481. The minimum Gasteiger partial charge on any atom is -0.347 e. The van der Waals surface area contributed by atoms with Gasteiger partial charge in [0.25, 0.3) is 5.91 Å². The third kappa shape index (κ3) is 5.62. The van der Waals surface area contributed by atoms with Crippen LogP contribution in [0.2, 0.25) is 0 Å². The topological polar surface area (TPSA) is 45.2 Å². The first-order chi connectivity index (χ1) is 14.9. The standard InChI is InChI=1S/C27H35N3O/c1-27(2,3)29-26(31)24-10-6-5-9-21-11-12-22(16-25(21)24)23-15-20(17-28-18-23)19-30-13-7-4-8-14-30/h10-12,15-18H,4-9,13-14,19H2,1-3H3,(H,29,31). The van der Waals surface area contributed by atoms with Crippen LogP contribution in [-0.4, -0.2) is 34.4 Å². The maximum absolute atomic E-state index is 13.1. The average Bonchev–Trinajstić information content (AvgIpc) is 2.95. The fourth-order valence-electron chi connectivity index (χ4n) is 4.60. The van der Waals surface area contributed by atoms with Gasteiger partial charge in [0.1, 0.15) is 0 Å². The molecular formula is C27H35N3O. The van der Waals surface area contributed by atoms with Crippen molar-refractivity contribution in [2.75, 3.05) is 13.1 Å². The Balaban J connectivity index is 1.62. The third-order valence-electron chi connectivity index (χ3n) is 6.11. The molecule has 0 saturated carbocycles. The van der Waals surface area contributed by atoms with Crippen molar-refractivity contribution in [3.8, 4) is 11.1 Å². The smallest absolute Gasteiger partial charge is 0.251 e. The van der Waals surface area contributed by atoms with Crippen LogP contribution in [0.3, 0.4) is 0 Å². The van der Waals surface area contributed by atoms with Crippen LogP contribution in [0.1, 0.15) is 69.6 Å². The number of amides is 1. The van der Waals surface area contributed by atoms with Crippen LogP contribution >= 0.6 is 0 Å². The molecule has 2 aromatic rings. The van der Waals surface area contributed by atoms with E-state index < -0.39 is 0 Å². The molecule has 0 unspecified atom stereocenters. The number of rotatable bonds is 4. The molecule has 4 rings (SSSR count). The summed E-state index contributed by atoms with van der Waals surface area (Å²) in [6, 6.07) is 8.84. The summed E-state index contributed by atoms with van der Waals surface area (Å²) < 4.78 is 0. The second-order valence-corrected chi connectivity index (χ2v) is 10.0. The summed E-state index contributed by atoms with van der Waals surface area (Å²) in [5.74, 6) is 0.0183. The van der Waals surface area contributed by atoms with E-state index in [9.17, 15) is 4.79 Å². The van der Waals surface area contributed by atoms with E-state index in [2.05, 4.69) is 45.5 Å². The predicted molar refractivity (Wildman–Crippen MR) is 128 cm³/mol. The summed E-state index contributed by atoms with van der Waals surface area (Å²) in [6.45, 7) is 9.40. The van der Waals surface area contributed by atoms with Crippen LogP contribution in [0.4, 0.5) is 0 Å². The van der Waals surface area contributed by atoms with Crippen molar-refractivity contribution in [3.05, 3.63) is 59.4 Å². The molecule has 2 heterocycles. The Morgan fingerprint density at radius 2 is 1.84 bits per heavy atom. The predicted octanol–water partition coefficient (Wildman–Crippen LogP) is 5.37. The largest absolute Gasteiger partial charge is 0.347 e. The molecule has 4 nitrogen and oxygen atoms in total. The molecule has 0 bridgehead atoms. The molecule has 0 spiro atoms. The van der Waals surface area contributed by atoms with Crippen molar-refractivity contribution in [1.82, 2.24) is 15.2 Å². The first-order valence-electron chi connectivity index (χ1n) is 11.7. The SMILES string of the molecule is CC(C)(C)NC(=O)C1=CCCCc2ccc(-c3cncc(CN4CCCCC4)c3)cc21. The summed E-state index contributed by atoms with van der Waals surface area (Å²) in [7, 11) is 0. The number of nitrogens with one attached hydrogen (secondary N) is 1. The Bertz CT molecular complexity index is 965. The number of piperidine rings is 1. The lowest BCUT2D eigenvalue weighted by Gasteiger charge is -2.26. The van der Waals surface area contributed by atoms with Gasteiger partial charge in [-0.25, -0.2) is 0 Å². The second kappa shape index (κ2) is 9.35. The van der Waals surface area contributed by atoms with E-state index in [0.29, 0.717) is 0 Å². The van der Waals surface area contributed by atoms with E-state index >= 15 is 0 Å². The average molecular weight is 418 g/mol. The fourth-order valence-corrected chi connectivity index (χ4v) is 4.60. The van der Waals surface area contributed by atoms with Crippen LogP contribution < -0.4 is 5.32 Å². The van der Waals surface area contributed by atoms with Crippen LogP contribution in [0, 0.1) is 0 Å².